The van der Waals surface area contributed by atoms with Crippen molar-refractivity contribution >= 4 is 22.7 Å². The summed E-state index contributed by atoms with van der Waals surface area (Å²) in [4.78, 5) is 4.99. The van der Waals surface area contributed by atoms with Crippen molar-refractivity contribution in [1.82, 2.24) is 19.7 Å². The molecule has 0 saturated carbocycles. The average molecular weight is 463 g/mol. The third kappa shape index (κ3) is 3.91. The van der Waals surface area contributed by atoms with E-state index < -0.39 is 0 Å². The molecular formula is C29H26N4O2. The minimum Gasteiger partial charge on any atom is -0.488 e. The van der Waals surface area contributed by atoms with Crippen molar-refractivity contribution in [3.8, 4) is 5.75 Å². The third-order valence-corrected chi connectivity index (χ3v) is 6.54. The number of aryl methyl sites for hydroxylation is 2. The lowest BCUT2D eigenvalue weighted by Crippen LogP contribution is -2.06. The second-order valence-corrected chi connectivity index (χ2v) is 8.92. The molecule has 0 unspecified atom stereocenters. The maximum atomic E-state index is 6.24. The van der Waals surface area contributed by atoms with Crippen molar-refractivity contribution in [2.75, 3.05) is 0 Å². The number of rotatable bonds is 5. The molecule has 1 aliphatic rings. The fourth-order valence-corrected chi connectivity index (χ4v) is 4.88. The molecule has 35 heavy (non-hydrogen) atoms. The number of hydrogen-bond acceptors (Lipinski definition) is 5. The number of imidazole rings is 1. The Bertz CT molecular complexity index is 1550. The van der Waals surface area contributed by atoms with Crippen LogP contribution in [0.1, 0.15) is 52.9 Å². The molecule has 0 aliphatic carbocycles. The van der Waals surface area contributed by atoms with E-state index in [-0.39, 0.29) is 0 Å². The maximum absolute atomic E-state index is 6.24. The predicted molar refractivity (Wildman–Crippen MR) is 136 cm³/mol. The number of benzene rings is 3. The van der Waals surface area contributed by atoms with Gasteiger partial charge in [-0.15, -0.1) is 10.2 Å². The minimum atomic E-state index is 0.469. The number of nitrogens with zero attached hydrogens (tertiary/aromatic N) is 4. The molecule has 6 rings (SSSR count). The lowest BCUT2D eigenvalue weighted by Gasteiger charge is -2.13. The van der Waals surface area contributed by atoms with E-state index in [4.69, 9.17) is 14.1 Å². The van der Waals surface area contributed by atoms with Crippen molar-refractivity contribution in [2.45, 2.75) is 39.8 Å². The number of hydrogen-bond donors (Lipinski definition) is 0. The highest BCUT2D eigenvalue weighted by atomic mass is 16.5. The summed E-state index contributed by atoms with van der Waals surface area (Å²) in [6, 6.07) is 21.1. The Labute approximate surface area is 203 Å². The first kappa shape index (κ1) is 21.4. The second-order valence-electron chi connectivity index (χ2n) is 8.92. The number of fused-ring (bicyclic) bond motifs is 3. The normalized spacial score (nSPS) is 13.9. The molecular weight excluding hydrogens is 436 g/mol. The molecule has 0 amide bonds. The van der Waals surface area contributed by atoms with Gasteiger partial charge in [0.15, 0.2) is 0 Å². The number of aromatic nitrogens is 4. The molecule has 1 aliphatic heterocycles. The van der Waals surface area contributed by atoms with E-state index in [0.29, 0.717) is 12.5 Å². The van der Waals surface area contributed by atoms with E-state index in [1.54, 1.807) is 0 Å². The van der Waals surface area contributed by atoms with E-state index in [2.05, 4.69) is 71.1 Å². The van der Waals surface area contributed by atoms with Gasteiger partial charge in [-0.3, -0.25) is 0 Å². The van der Waals surface area contributed by atoms with Crippen LogP contribution in [-0.4, -0.2) is 19.7 Å². The first-order valence-electron chi connectivity index (χ1n) is 12.0. The van der Waals surface area contributed by atoms with Crippen LogP contribution < -0.4 is 4.74 Å². The zero-order chi connectivity index (χ0) is 23.8. The molecule has 0 spiro atoms. The van der Waals surface area contributed by atoms with E-state index in [1.807, 2.05) is 24.3 Å². The number of para-hydroxylation sites is 2. The molecule has 5 aromatic rings. The molecule has 0 atom stereocenters. The van der Waals surface area contributed by atoms with E-state index in [9.17, 15) is 0 Å². The van der Waals surface area contributed by atoms with Gasteiger partial charge < -0.3 is 13.7 Å². The average Bonchev–Trinajstić information content (AvgIpc) is 3.48. The highest BCUT2D eigenvalue weighted by Crippen LogP contribution is 2.38. The van der Waals surface area contributed by atoms with Crippen LogP contribution in [-0.2, 0) is 19.6 Å². The van der Waals surface area contributed by atoms with Crippen LogP contribution in [0.3, 0.4) is 0 Å². The Morgan fingerprint density at radius 2 is 1.94 bits per heavy atom. The second kappa shape index (κ2) is 8.87. The fraction of sp³-hybridized carbons (Fsp3) is 0.207. The Kier molecular flexibility index (Phi) is 5.41. The monoisotopic (exact) mass is 462 g/mol. The van der Waals surface area contributed by atoms with Gasteiger partial charge in [0.25, 0.3) is 0 Å². The Morgan fingerprint density at radius 1 is 1.03 bits per heavy atom. The summed E-state index contributed by atoms with van der Waals surface area (Å²) in [5.74, 6) is 2.45. The van der Waals surface area contributed by atoms with Gasteiger partial charge in [0.1, 0.15) is 18.2 Å². The van der Waals surface area contributed by atoms with Gasteiger partial charge >= 0.3 is 0 Å². The van der Waals surface area contributed by atoms with Crippen LogP contribution in [0, 0.1) is 6.92 Å². The molecule has 174 valence electrons. The smallest absolute Gasteiger partial charge is 0.240 e. The first-order chi connectivity index (χ1) is 17.2. The number of ether oxygens (including phenoxy) is 1. The van der Waals surface area contributed by atoms with Crippen molar-refractivity contribution in [3.05, 3.63) is 107 Å². The Morgan fingerprint density at radius 3 is 2.80 bits per heavy atom. The Balaban J connectivity index is 1.44. The highest BCUT2D eigenvalue weighted by molar-refractivity contribution is 5.93. The fourth-order valence-electron chi connectivity index (χ4n) is 4.88. The minimum absolute atomic E-state index is 0.469. The molecule has 3 heterocycles. The molecule has 2 aromatic heterocycles. The van der Waals surface area contributed by atoms with Crippen molar-refractivity contribution in [1.29, 1.82) is 0 Å². The third-order valence-electron chi connectivity index (χ3n) is 6.54. The first-order valence-corrected chi connectivity index (χ1v) is 12.0. The van der Waals surface area contributed by atoms with Crippen LogP contribution in [0.4, 0.5) is 0 Å². The topological polar surface area (TPSA) is 66.0 Å². The molecule has 6 heteroatoms. The van der Waals surface area contributed by atoms with Gasteiger partial charge in [-0.25, -0.2) is 4.98 Å². The summed E-state index contributed by atoms with van der Waals surface area (Å²) in [7, 11) is 0. The molecule has 3 aromatic carbocycles. The summed E-state index contributed by atoms with van der Waals surface area (Å²) in [5, 5.41) is 7.91. The lowest BCUT2D eigenvalue weighted by atomic mass is 9.92. The summed E-state index contributed by atoms with van der Waals surface area (Å²) in [5.41, 5.74) is 8.96. The maximum Gasteiger partial charge on any atom is 0.240 e. The van der Waals surface area contributed by atoms with Crippen LogP contribution in [0.2, 0.25) is 0 Å². The molecule has 0 bridgehead atoms. The van der Waals surface area contributed by atoms with Crippen LogP contribution in [0.25, 0.3) is 22.7 Å². The van der Waals surface area contributed by atoms with Gasteiger partial charge in [0.05, 0.1) is 11.0 Å². The van der Waals surface area contributed by atoms with Gasteiger partial charge in [0.2, 0.25) is 12.3 Å². The summed E-state index contributed by atoms with van der Waals surface area (Å²) < 4.78 is 14.0. The molecule has 6 nitrogen and oxygen atoms in total. The van der Waals surface area contributed by atoms with Crippen LogP contribution >= 0.6 is 0 Å². The zero-order valence-corrected chi connectivity index (χ0v) is 19.9. The molecule has 0 N–H and O–H groups in total. The Hall–Kier alpha value is -4.19. The van der Waals surface area contributed by atoms with Crippen molar-refractivity contribution in [3.63, 3.8) is 0 Å². The van der Waals surface area contributed by atoms with Gasteiger partial charge in [-0.05, 0) is 59.4 Å². The van der Waals surface area contributed by atoms with Crippen molar-refractivity contribution in [2.24, 2.45) is 0 Å². The lowest BCUT2D eigenvalue weighted by molar-refractivity contribution is 0.307. The highest BCUT2D eigenvalue weighted by Gasteiger charge is 2.21. The van der Waals surface area contributed by atoms with E-state index in [0.717, 1.165) is 58.7 Å². The summed E-state index contributed by atoms with van der Waals surface area (Å²) in [6.07, 6.45) is 5.29. The van der Waals surface area contributed by atoms with Gasteiger partial charge in [0, 0.05) is 24.6 Å². The van der Waals surface area contributed by atoms with E-state index in [1.165, 1.54) is 23.0 Å². The van der Waals surface area contributed by atoms with Crippen LogP contribution in [0.5, 0.6) is 5.75 Å². The molecule has 0 saturated heterocycles. The largest absolute Gasteiger partial charge is 0.488 e. The quantitative estimate of drug-likeness (QED) is 0.311. The predicted octanol–water partition coefficient (Wildman–Crippen LogP) is 6.21. The van der Waals surface area contributed by atoms with Gasteiger partial charge in [-0.1, -0.05) is 49.4 Å². The van der Waals surface area contributed by atoms with E-state index >= 15 is 0 Å². The zero-order valence-electron chi connectivity index (χ0n) is 19.9. The standard InChI is InChI=1S/C29H26N4O2/c1-3-7-27-31-29-19(2)8-6-10-25(29)33(27)16-20-12-13-22-21(14-20)17-34-26-11-5-4-9-23(26)24(22)15-28-32-30-18-35-28/h4-6,8-15,18H,3,7,16-17H2,1-2H3/b24-15+. The molecule has 0 radical (unpaired) electrons. The SMILES string of the molecule is CCCc1nc2c(C)cccc2n1Cc1ccc2c(c1)COc1ccccc1/C2=C/c1nnco1. The summed E-state index contributed by atoms with van der Waals surface area (Å²) >= 11 is 0. The van der Waals surface area contributed by atoms with Crippen LogP contribution in [0.15, 0.2) is 71.5 Å². The van der Waals surface area contributed by atoms with Gasteiger partial charge in [-0.2, -0.15) is 0 Å². The summed E-state index contributed by atoms with van der Waals surface area (Å²) in [6.45, 7) is 5.58. The van der Waals surface area contributed by atoms with Crippen molar-refractivity contribution < 1.29 is 9.15 Å². The molecule has 0 fully saturated rings.